The number of para-hydroxylation sites is 1. The molecule has 102 valence electrons. The maximum Gasteiger partial charge on any atom is 0.306 e. The zero-order valence-corrected chi connectivity index (χ0v) is 10.8. The summed E-state index contributed by atoms with van der Waals surface area (Å²) in [6, 6.07) is 6.91. The number of nitrogens with one attached hydrogen (secondary N) is 1. The van der Waals surface area contributed by atoms with Crippen molar-refractivity contribution in [1.29, 1.82) is 0 Å². The lowest BCUT2D eigenvalue weighted by atomic mass is 10.1. The standard InChI is InChI=1S/C14H17NO4/c1-19-12-5-3-2-4-11(12)13(16)15-10-7-6-9(8-10)14(17)18/h2-5,9-10H,6-8H2,1H3,(H,15,16)(H,17,18)/t9-,10+/m1/s1. The third-order valence-electron chi connectivity index (χ3n) is 3.47. The molecule has 2 rings (SSSR count). The monoisotopic (exact) mass is 263 g/mol. The number of benzene rings is 1. The van der Waals surface area contributed by atoms with Gasteiger partial charge in [0.25, 0.3) is 5.91 Å². The van der Waals surface area contributed by atoms with E-state index < -0.39 is 5.97 Å². The fourth-order valence-corrected chi connectivity index (χ4v) is 2.43. The van der Waals surface area contributed by atoms with E-state index in [9.17, 15) is 9.59 Å². The van der Waals surface area contributed by atoms with E-state index in [0.29, 0.717) is 30.6 Å². The molecule has 0 spiro atoms. The summed E-state index contributed by atoms with van der Waals surface area (Å²) in [6.45, 7) is 0. The number of carboxylic acids is 1. The topological polar surface area (TPSA) is 75.6 Å². The molecule has 2 atom stereocenters. The average molecular weight is 263 g/mol. The molecule has 1 aliphatic carbocycles. The third-order valence-corrected chi connectivity index (χ3v) is 3.47. The molecule has 0 aromatic heterocycles. The summed E-state index contributed by atoms with van der Waals surface area (Å²) in [7, 11) is 1.52. The Morgan fingerprint density at radius 2 is 2.05 bits per heavy atom. The molecule has 1 amide bonds. The first-order chi connectivity index (χ1) is 9.11. The minimum absolute atomic E-state index is 0.0708. The molecule has 19 heavy (non-hydrogen) atoms. The second-order valence-electron chi connectivity index (χ2n) is 4.72. The molecule has 5 heteroatoms. The molecular weight excluding hydrogens is 246 g/mol. The number of carbonyl (C=O) groups excluding carboxylic acids is 1. The average Bonchev–Trinajstić information content (AvgIpc) is 2.87. The zero-order valence-electron chi connectivity index (χ0n) is 10.8. The molecule has 0 saturated heterocycles. The molecule has 1 fully saturated rings. The Bertz CT molecular complexity index is 486. The summed E-state index contributed by atoms with van der Waals surface area (Å²) in [5.74, 6) is -0.821. The molecule has 0 radical (unpaired) electrons. The van der Waals surface area contributed by atoms with E-state index >= 15 is 0 Å². The van der Waals surface area contributed by atoms with Crippen LogP contribution in [0.25, 0.3) is 0 Å². The van der Waals surface area contributed by atoms with Gasteiger partial charge in [0, 0.05) is 6.04 Å². The van der Waals surface area contributed by atoms with Crippen molar-refractivity contribution in [3.63, 3.8) is 0 Å². The minimum atomic E-state index is -0.783. The number of hydrogen-bond donors (Lipinski definition) is 2. The number of ether oxygens (including phenoxy) is 1. The van der Waals surface area contributed by atoms with Gasteiger partial charge in [-0.15, -0.1) is 0 Å². The first-order valence-electron chi connectivity index (χ1n) is 6.28. The molecule has 5 nitrogen and oxygen atoms in total. The number of aliphatic carboxylic acids is 1. The van der Waals surface area contributed by atoms with Crippen LogP contribution in [0, 0.1) is 5.92 Å². The first kappa shape index (κ1) is 13.4. The van der Waals surface area contributed by atoms with E-state index in [0.717, 1.165) is 0 Å². The van der Waals surface area contributed by atoms with Crippen LogP contribution in [-0.2, 0) is 4.79 Å². The number of rotatable bonds is 4. The minimum Gasteiger partial charge on any atom is -0.496 e. The molecule has 0 unspecified atom stereocenters. The molecule has 0 heterocycles. The predicted octanol–water partition coefficient (Wildman–Crippen LogP) is 1.68. The van der Waals surface area contributed by atoms with E-state index in [-0.39, 0.29) is 17.9 Å². The normalized spacial score (nSPS) is 21.9. The molecule has 1 aliphatic rings. The lowest BCUT2D eigenvalue weighted by molar-refractivity contribution is -0.141. The van der Waals surface area contributed by atoms with Crippen LogP contribution in [0.5, 0.6) is 5.75 Å². The van der Waals surface area contributed by atoms with E-state index in [1.807, 2.05) is 0 Å². The fourth-order valence-electron chi connectivity index (χ4n) is 2.43. The summed E-state index contributed by atoms with van der Waals surface area (Å²) >= 11 is 0. The van der Waals surface area contributed by atoms with Gasteiger partial charge in [-0.25, -0.2) is 0 Å². The Kier molecular flexibility index (Phi) is 4.04. The third kappa shape index (κ3) is 3.05. The van der Waals surface area contributed by atoms with Gasteiger partial charge < -0.3 is 15.2 Å². The summed E-state index contributed by atoms with van der Waals surface area (Å²) in [5, 5.41) is 11.8. The molecule has 1 saturated carbocycles. The highest BCUT2D eigenvalue weighted by Gasteiger charge is 2.30. The van der Waals surface area contributed by atoms with Gasteiger partial charge in [-0.1, -0.05) is 12.1 Å². The van der Waals surface area contributed by atoms with Crippen molar-refractivity contribution in [2.24, 2.45) is 5.92 Å². The second-order valence-corrected chi connectivity index (χ2v) is 4.72. The van der Waals surface area contributed by atoms with Crippen molar-refractivity contribution in [3.8, 4) is 5.75 Å². The van der Waals surface area contributed by atoms with E-state index in [2.05, 4.69) is 5.32 Å². The SMILES string of the molecule is COc1ccccc1C(=O)N[C@H]1CC[C@@H](C(=O)O)C1. The molecule has 1 aromatic carbocycles. The lowest BCUT2D eigenvalue weighted by Gasteiger charge is -2.14. The van der Waals surface area contributed by atoms with E-state index in [4.69, 9.17) is 9.84 Å². The summed E-state index contributed by atoms with van der Waals surface area (Å²) < 4.78 is 5.14. The van der Waals surface area contributed by atoms with E-state index in [1.165, 1.54) is 7.11 Å². The summed E-state index contributed by atoms with van der Waals surface area (Å²) in [5.41, 5.74) is 0.476. The number of carboxylic acid groups (broad SMARTS) is 1. The second kappa shape index (κ2) is 5.73. The predicted molar refractivity (Wildman–Crippen MR) is 69.2 cm³/mol. The van der Waals surface area contributed by atoms with Crippen LogP contribution in [0.3, 0.4) is 0 Å². The smallest absolute Gasteiger partial charge is 0.306 e. The molecule has 0 bridgehead atoms. The van der Waals surface area contributed by atoms with Crippen LogP contribution in [0.2, 0.25) is 0 Å². The Hall–Kier alpha value is -2.04. The summed E-state index contributed by atoms with van der Waals surface area (Å²) in [4.78, 5) is 23.0. The Balaban J connectivity index is 2.00. The van der Waals surface area contributed by atoms with Crippen molar-refractivity contribution in [2.75, 3.05) is 7.11 Å². The largest absolute Gasteiger partial charge is 0.496 e. The maximum absolute atomic E-state index is 12.1. The van der Waals surface area contributed by atoms with Crippen LogP contribution < -0.4 is 10.1 Å². The number of hydrogen-bond acceptors (Lipinski definition) is 3. The van der Waals surface area contributed by atoms with Crippen LogP contribution in [0.4, 0.5) is 0 Å². The van der Waals surface area contributed by atoms with Crippen molar-refractivity contribution in [1.82, 2.24) is 5.32 Å². The van der Waals surface area contributed by atoms with Gasteiger partial charge in [-0.2, -0.15) is 0 Å². The van der Waals surface area contributed by atoms with Crippen LogP contribution in [0.1, 0.15) is 29.6 Å². The van der Waals surface area contributed by atoms with Crippen molar-refractivity contribution < 1.29 is 19.4 Å². The first-order valence-corrected chi connectivity index (χ1v) is 6.28. The highest BCUT2D eigenvalue weighted by Crippen LogP contribution is 2.26. The summed E-state index contributed by atoms with van der Waals surface area (Å²) in [6.07, 6.45) is 1.82. The molecular formula is C14H17NO4. The van der Waals surface area contributed by atoms with Crippen LogP contribution >= 0.6 is 0 Å². The van der Waals surface area contributed by atoms with Gasteiger partial charge >= 0.3 is 5.97 Å². The van der Waals surface area contributed by atoms with Gasteiger partial charge in [-0.05, 0) is 31.4 Å². The zero-order chi connectivity index (χ0) is 13.8. The Labute approximate surface area is 111 Å². The van der Waals surface area contributed by atoms with Gasteiger partial charge in [-0.3, -0.25) is 9.59 Å². The van der Waals surface area contributed by atoms with Gasteiger partial charge in [0.05, 0.1) is 18.6 Å². The van der Waals surface area contributed by atoms with Crippen LogP contribution in [-0.4, -0.2) is 30.1 Å². The molecule has 1 aromatic rings. The van der Waals surface area contributed by atoms with Crippen LogP contribution in [0.15, 0.2) is 24.3 Å². The number of methoxy groups -OCH3 is 1. The lowest BCUT2D eigenvalue weighted by Crippen LogP contribution is -2.33. The fraction of sp³-hybridized carbons (Fsp3) is 0.429. The number of carbonyl (C=O) groups is 2. The quantitative estimate of drug-likeness (QED) is 0.866. The Morgan fingerprint density at radius 3 is 2.68 bits per heavy atom. The molecule has 2 N–H and O–H groups in total. The van der Waals surface area contributed by atoms with Gasteiger partial charge in [0.1, 0.15) is 5.75 Å². The van der Waals surface area contributed by atoms with Crippen molar-refractivity contribution in [3.05, 3.63) is 29.8 Å². The number of amides is 1. The van der Waals surface area contributed by atoms with Crippen molar-refractivity contribution >= 4 is 11.9 Å². The molecule has 0 aliphatic heterocycles. The highest BCUT2D eigenvalue weighted by atomic mass is 16.5. The van der Waals surface area contributed by atoms with E-state index in [1.54, 1.807) is 24.3 Å². The Morgan fingerprint density at radius 1 is 1.32 bits per heavy atom. The highest BCUT2D eigenvalue weighted by molar-refractivity contribution is 5.97. The van der Waals surface area contributed by atoms with Gasteiger partial charge in [0.15, 0.2) is 0 Å². The maximum atomic E-state index is 12.1. The van der Waals surface area contributed by atoms with Gasteiger partial charge in [0.2, 0.25) is 0 Å². The van der Waals surface area contributed by atoms with Crippen molar-refractivity contribution in [2.45, 2.75) is 25.3 Å².